The molecular formula is C37H43F3O9. The van der Waals surface area contributed by atoms with Crippen LogP contribution < -0.4 is 0 Å². The second-order valence-corrected chi connectivity index (χ2v) is 14.9. The van der Waals surface area contributed by atoms with Gasteiger partial charge in [0.05, 0.1) is 16.9 Å². The van der Waals surface area contributed by atoms with E-state index in [0.717, 1.165) is 24.8 Å². The van der Waals surface area contributed by atoms with E-state index in [2.05, 4.69) is 0 Å². The van der Waals surface area contributed by atoms with Crippen molar-refractivity contribution in [1.82, 2.24) is 0 Å². The summed E-state index contributed by atoms with van der Waals surface area (Å²) < 4.78 is 61.0. The number of aliphatic hydroxyl groups is 2. The van der Waals surface area contributed by atoms with Crippen LogP contribution in [0.2, 0.25) is 0 Å². The summed E-state index contributed by atoms with van der Waals surface area (Å²) in [5, 5.41) is 24.0. The van der Waals surface area contributed by atoms with Crippen LogP contribution in [0.1, 0.15) is 58.9 Å². The molecule has 3 fully saturated rings. The molecule has 0 aromatic heterocycles. The third kappa shape index (κ3) is 5.14. The first kappa shape index (κ1) is 35.5. The number of cyclic esters (lactones) is 1. The number of hydrogen-bond donors (Lipinski definition) is 2. The molecule has 13 atom stereocenters. The molecule has 4 aliphatic carbocycles. The van der Waals surface area contributed by atoms with E-state index in [0.29, 0.717) is 12.8 Å². The number of hydrogen-bond acceptors (Lipinski definition) is 9. The molecule has 0 radical (unpaired) electrons. The number of carbonyl (C=O) groups excluding carboxylic acids is 4. The minimum Gasteiger partial charge on any atom is -0.459 e. The zero-order valence-corrected chi connectivity index (χ0v) is 28.1. The Labute approximate surface area is 282 Å². The number of esters is 2. The fourth-order valence-corrected chi connectivity index (χ4v) is 9.74. The Morgan fingerprint density at radius 2 is 1.78 bits per heavy atom. The second-order valence-electron chi connectivity index (χ2n) is 14.9. The average Bonchev–Trinajstić information content (AvgIpc) is 3.55. The maximum absolute atomic E-state index is 14.9. The standard InChI is InChI=1S/C37H43F3O9/c1-18-19(2)32(44)49-30(18)31(43)35(4,46)29-26(48-33(45)36(47-5,37(38,39)40)21-10-7-6-8-11-21)16-23-22-15-14-20-12-9-13-27(42)34(20,3)24(22)17-25(41)28(23)29/h6-11,13-14,18-19,22-24,26,28-31,43,46H,12,15-17H2,1-5H3/t18-,19-,22+,23+,24+,26+,28-,29+,30-,31-,34+,35-,36+/m1/s1. The summed E-state index contributed by atoms with van der Waals surface area (Å²) in [5.41, 5.74) is -6.38. The molecule has 1 heterocycles. The maximum Gasteiger partial charge on any atom is 0.432 e. The molecule has 266 valence electrons. The molecule has 5 aliphatic rings. The van der Waals surface area contributed by atoms with E-state index in [4.69, 9.17) is 14.2 Å². The predicted molar refractivity (Wildman–Crippen MR) is 167 cm³/mol. The van der Waals surface area contributed by atoms with Crippen molar-refractivity contribution in [2.24, 2.45) is 46.8 Å². The van der Waals surface area contributed by atoms with E-state index < -0.39 is 94.1 Å². The van der Waals surface area contributed by atoms with Crippen molar-refractivity contribution in [3.63, 3.8) is 0 Å². The van der Waals surface area contributed by atoms with Crippen molar-refractivity contribution in [2.45, 2.75) is 89.1 Å². The molecule has 1 aromatic rings. The van der Waals surface area contributed by atoms with Gasteiger partial charge in [0.15, 0.2) is 5.78 Å². The maximum atomic E-state index is 14.9. The highest BCUT2D eigenvalue weighted by Gasteiger charge is 2.69. The van der Waals surface area contributed by atoms with E-state index in [-0.39, 0.29) is 30.3 Å². The number of ether oxygens (including phenoxy) is 3. The van der Waals surface area contributed by atoms with Crippen LogP contribution in [0.4, 0.5) is 13.2 Å². The molecule has 6 rings (SSSR count). The molecular weight excluding hydrogens is 645 g/mol. The normalized spacial score (nSPS) is 38.7. The summed E-state index contributed by atoms with van der Waals surface area (Å²) in [7, 11) is 0.751. The molecule has 49 heavy (non-hydrogen) atoms. The Hall–Kier alpha value is -3.35. The van der Waals surface area contributed by atoms with Crippen molar-refractivity contribution >= 4 is 23.5 Å². The minimum atomic E-state index is -5.28. The van der Waals surface area contributed by atoms with E-state index in [9.17, 15) is 42.6 Å². The van der Waals surface area contributed by atoms with Gasteiger partial charge in [0.1, 0.15) is 24.1 Å². The highest BCUT2D eigenvalue weighted by Crippen LogP contribution is 2.62. The first-order valence-corrected chi connectivity index (χ1v) is 16.8. The van der Waals surface area contributed by atoms with Gasteiger partial charge in [-0.1, -0.05) is 61.9 Å². The monoisotopic (exact) mass is 688 g/mol. The van der Waals surface area contributed by atoms with E-state index in [1.54, 1.807) is 19.9 Å². The Balaban J connectivity index is 1.43. The van der Waals surface area contributed by atoms with Crippen LogP contribution in [0.5, 0.6) is 0 Å². The molecule has 12 heteroatoms. The molecule has 1 saturated heterocycles. The van der Waals surface area contributed by atoms with Crippen LogP contribution in [0, 0.1) is 46.8 Å². The van der Waals surface area contributed by atoms with Crippen molar-refractivity contribution < 1.29 is 56.8 Å². The zero-order chi connectivity index (χ0) is 35.8. The van der Waals surface area contributed by atoms with Gasteiger partial charge < -0.3 is 24.4 Å². The number of alkyl halides is 3. The molecule has 2 N–H and O–H groups in total. The van der Waals surface area contributed by atoms with Gasteiger partial charge in [-0.2, -0.15) is 13.2 Å². The molecule has 0 bridgehead atoms. The number of methoxy groups -OCH3 is 1. The number of allylic oxidation sites excluding steroid dienone is 4. The van der Waals surface area contributed by atoms with Crippen molar-refractivity contribution in [3.8, 4) is 0 Å². The summed E-state index contributed by atoms with van der Waals surface area (Å²) in [6, 6.07) is 6.33. The average molecular weight is 689 g/mol. The van der Waals surface area contributed by atoms with E-state index >= 15 is 0 Å². The third-order valence-corrected chi connectivity index (χ3v) is 12.7. The summed E-state index contributed by atoms with van der Waals surface area (Å²) in [6.45, 7) is 6.36. The van der Waals surface area contributed by atoms with Gasteiger partial charge in [-0.05, 0) is 56.9 Å². The SMILES string of the molecule is CO[C@](C(=O)O[C@H]1C[C@H]2[C@@H]3CC=C4CC=CC(=O)[C@]4(C)[C@H]3CC(=O)[C@@H]2[C@H]1[C@@](C)(O)[C@H](O)[C@@H]1OC(=O)[C@H](C)[C@H]1C)(c1ccccc1)C(F)(F)F. The summed E-state index contributed by atoms with van der Waals surface area (Å²) >= 11 is 0. The summed E-state index contributed by atoms with van der Waals surface area (Å²) in [4.78, 5) is 54.1. The molecule has 0 amide bonds. The van der Waals surface area contributed by atoms with Gasteiger partial charge in [0.2, 0.25) is 0 Å². The Bertz CT molecular complexity index is 1580. The molecule has 2 saturated carbocycles. The second kappa shape index (κ2) is 12.2. The van der Waals surface area contributed by atoms with Gasteiger partial charge >= 0.3 is 18.1 Å². The number of rotatable bonds is 7. The van der Waals surface area contributed by atoms with Gasteiger partial charge in [-0.25, -0.2) is 4.79 Å². The Kier molecular flexibility index (Phi) is 8.80. The van der Waals surface area contributed by atoms with Crippen LogP contribution in [0.25, 0.3) is 0 Å². The molecule has 9 nitrogen and oxygen atoms in total. The Morgan fingerprint density at radius 3 is 2.37 bits per heavy atom. The van der Waals surface area contributed by atoms with Gasteiger partial charge in [0, 0.05) is 36.8 Å². The van der Waals surface area contributed by atoms with Gasteiger partial charge in [0.25, 0.3) is 5.60 Å². The third-order valence-electron chi connectivity index (χ3n) is 12.7. The quantitative estimate of drug-likeness (QED) is 0.310. The van der Waals surface area contributed by atoms with Crippen LogP contribution in [0.3, 0.4) is 0 Å². The lowest BCUT2D eigenvalue weighted by Gasteiger charge is -2.52. The zero-order valence-electron chi connectivity index (χ0n) is 28.1. The van der Waals surface area contributed by atoms with Gasteiger partial charge in [-0.15, -0.1) is 0 Å². The highest BCUT2D eigenvalue weighted by atomic mass is 19.4. The van der Waals surface area contributed by atoms with Crippen LogP contribution >= 0.6 is 0 Å². The lowest BCUT2D eigenvalue weighted by Crippen LogP contribution is -2.60. The highest BCUT2D eigenvalue weighted by molar-refractivity contribution is 5.99. The van der Waals surface area contributed by atoms with Gasteiger partial charge in [-0.3, -0.25) is 14.4 Å². The van der Waals surface area contributed by atoms with E-state index in [1.165, 1.54) is 31.2 Å². The van der Waals surface area contributed by atoms with Crippen molar-refractivity contribution in [3.05, 3.63) is 59.7 Å². The molecule has 0 unspecified atom stereocenters. The number of fused-ring (bicyclic) bond motifs is 5. The summed E-state index contributed by atoms with van der Waals surface area (Å²) in [5.74, 6) is -7.75. The lowest BCUT2D eigenvalue weighted by molar-refractivity contribution is -0.280. The number of halogens is 3. The summed E-state index contributed by atoms with van der Waals surface area (Å²) in [6.07, 6.45) is -3.54. The largest absolute Gasteiger partial charge is 0.459 e. The van der Waals surface area contributed by atoms with Crippen LogP contribution in [-0.2, 0) is 39.0 Å². The predicted octanol–water partition coefficient (Wildman–Crippen LogP) is 4.63. The fraction of sp³-hybridized carbons (Fsp3) is 0.622. The van der Waals surface area contributed by atoms with Crippen molar-refractivity contribution in [1.29, 1.82) is 0 Å². The topological polar surface area (TPSA) is 136 Å². The number of benzene rings is 1. The number of aliphatic hydroxyl groups excluding tert-OH is 1. The number of Topliss-reactive ketones (excluding diaryl/α,β-unsaturated/α-hetero) is 1. The molecule has 0 spiro atoms. The first-order chi connectivity index (χ1) is 22.9. The fourth-order valence-electron chi connectivity index (χ4n) is 9.74. The molecule has 1 aromatic carbocycles. The van der Waals surface area contributed by atoms with E-state index in [1.807, 2.05) is 13.0 Å². The number of ketones is 2. The van der Waals surface area contributed by atoms with Crippen LogP contribution in [-0.4, -0.2) is 70.9 Å². The van der Waals surface area contributed by atoms with Crippen LogP contribution in [0.15, 0.2) is 54.1 Å². The Morgan fingerprint density at radius 1 is 1.10 bits per heavy atom. The first-order valence-electron chi connectivity index (χ1n) is 16.8. The van der Waals surface area contributed by atoms with Crippen molar-refractivity contribution in [2.75, 3.05) is 7.11 Å². The number of carbonyl (C=O) groups is 4. The lowest BCUT2D eigenvalue weighted by atomic mass is 9.50. The molecule has 1 aliphatic heterocycles. The smallest absolute Gasteiger partial charge is 0.432 e. The minimum absolute atomic E-state index is 0.0387.